The number of carbonyl (C=O) groups excluding carboxylic acids is 4. The summed E-state index contributed by atoms with van der Waals surface area (Å²) in [5, 5.41) is 8.83. The summed E-state index contributed by atoms with van der Waals surface area (Å²) in [5.41, 5.74) is 1.61. The van der Waals surface area contributed by atoms with Gasteiger partial charge in [0, 0.05) is 65.1 Å². The van der Waals surface area contributed by atoms with Crippen molar-refractivity contribution in [1.29, 1.82) is 0 Å². The van der Waals surface area contributed by atoms with Gasteiger partial charge in [0.15, 0.2) is 6.49 Å². The second-order valence-corrected chi connectivity index (χ2v) is 18.4. The Morgan fingerprint density at radius 1 is 0.807 bits per heavy atom. The van der Waals surface area contributed by atoms with Crippen molar-refractivity contribution >= 4 is 41.8 Å². The topological polar surface area (TPSA) is 183 Å². The van der Waals surface area contributed by atoms with Crippen LogP contribution in [-0.4, -0.2) is 144 Å². The molecule has 2 rings (SSSR count). The average Bonchev–Trinajstić information content (AvgIpc) is 3.18. The van der Waals surface area contributed by atoms with Gasteiger partial charge in [-0.1, -0.05) is 45.0 Å². The molecule has 17 heteroatoms. The maximum absolute atomic E-state index is 13.8. The number of hydrogen-bond acceptors (Lipinski definition) is 12. The number of rotatable bonds is 32. The zero-order valence-corrected chi connectivity index (χ0v) is 36.5. The van der Waals surface area contributed by atoms with Crippen molar-refractivity contribution in [3.63, 3.8) is 0 Å². The highest BCUT2D eigenvalue weighted by Gasteiger charge is 2.32. The van der Waals surface area contributed by atoms with Crippen LogP contribution in [-0.2, 0) is 72.2 Å². The molecule has 1 fully saturated rings. The Bertz CT molecular complexity index is 1320. The maximum atomic E-state index is 13.8. The number of benzene rings is 1. The van der Waals surface area contributed by atoms with Gasteiger partial charge in [-0.05, 0) is 67.9 Å². The maximum Gasteiger partial charge on any atom is 0.237 e. The van der Waals surface area contributed by atoms with Crippen molar-refractivity contribution in [3.05, 3.63) is 35.4 Å². The molecule has 1 aromatic carbocycles. The molecule has 0 aliphatic heterocycles. The molecule has 4 N–H and O–H groups in total. The fraction of sp³-hybridized carbons (Fsp3) is 0.750. The Labute approximate surface area is 345 Å². The Balaban J connectivity index is 2.12. The van der Waals surface area contributed by atoms with Crippen LogP contribution in [0.2, 0.25) is 0 Å². The molecule has 0 spiro atoms. The zero-order valence-electron chi connectivity index (χ0n) is 34.8. The summed E-state index contributed by atoms with van der Waals surface area (Å²) in [7, 11) is 3.18. The fourth-order valence-corrected chi connectivity index (χ4v) is 7.31. The Kier molecular flexibility index (Phi) is 26.5. The van der Waals surface area contributed by atoms with E-state index in [1.54, 1.807) is 19.1 Å². The van der Waals surface area contributed by atoms with Gasteiger partial charge < -0.3 is 49.1 Å². The van der Waals surface area contributed by atoms with Crippen LogP contribution >= 0.6 is 6.49 Å². The number of amides is 3. The summed E-state index contributed by atoms with van der Waals surface area (Å²) in [4.78, 5) is 65.4. The van der Waals surface area contributed by atoms with Crippen molar-refractivity contribution in [1.82, 2.24) is 20.9 Å². The lowest BCUT2D eigenvalue weighted by Crippen LogP contribution is -2.53. The molecule has 0 aromatic heterocycles. The second kappa shape index (κ2) is 29.8. The van der Waals surface area contributed by atoms with Gasteiger partial charge in [-0.25, -0.2) is 0 Å². The number of methoxy groups -OCH3 is 2. The van der Waals surface area contributed by atoms with Crippen LogP contribution in [0, 0.1) is 5.92 Å². The van der Waals surface area contributed by atoms with E-state index in [9.17, 15) is 24.1 Å². The predicted molar refractivity (Wildman–Crippen MR) is 223 cm³/mol. The minimum absolute atomic E-state index is 0.0221. The van der Waals surface area contributed by atoms with Crippen LogP contribution in [0.5, 0.6) is 0 Å². The van der Waals surface area contributed by atoms with Crippen LogP contribution in [0.25, 0.3) is 0 Å². The third-order valence-corrected chi connectivity index (χ3v) is 12.9. The van der Waals surface area contributed by atoms with Gasteiger partial charge in [0.25, 0.3) is 0 Å². The predicted octanol–water partition coefficient (Wildman–Crippen LogP) is 3.14. The van der Waals surface area contributed by atoms with Gasteiger partial charge in [-0.2, -0.15) is 0 Å². The molecule has 1 aliphatic rings. The molecule has 1 aliphatic carbocycles. The molecule has 0 saturated heterocycles. The van der Waals surface area contributed by atoms with Crippen molar-refractivity contribution in [2.45, 2.75) is 96.5 Å². The molecule has 1 aromatic rings. The van der Waals surface area contributed by atoms with Crippen molar-refractivity contribution in [3.8, 4) is 0 Å². The highest BCUT2D eigenvalue weighted by molar-refractivity contribution is 8.09. The largest absolute Gasteiger partial charge is 0.382 e. The first-order valence-electron chi connectivity index (χ1n) is 20.3. The van der Waals surface area contributed by atoms with Crippen molar-refractivity contribution in [2.75, 3.05) is 93.3 Å². The molecule has 326 valence electrons. The molecule has 57 heavy (non-hydrogen) atoms. The molecule has 2 atom stereocenters. The second-order valence-electron chi connectivity index (χ2n) is 14.5. The van der Waals surface area contributed by atoms with Crippen LogP contribution < -0.4 is 16.0 Å². The number of nitrogens with zero attached hydrogens (tertiary/aromatic N) is 1. The Morgan fingerprint density at radius 3 is 2.02 bits per heavy atom. The van der Waals surface area contributed by atoms with Crippen molar-refractivity contribution < 1.29 is 52.3 Å². The van der Waals surface area contributed by atoms with Gasteiger partial charge in [0.05, 0.1) is 64.9 Å². The normalized spacial score (nSPS) is 17.3. The van der Waals surface area contributed by atoms with E-state index < -0.39 is 12.5 Å². The molecule has 1 saturated carbocycles. The summed E-state index contributed by atoms with van der Waals surface area (Å²) in [5.74, 6) is -0.927. The minimum atomic E-state index is -2.84. The van der Waals surface area contributed by atoms with E-state index >= 15 is 0 Å². The van der Waals surface area contributed by atoms with Crippen LogP contribution in [0.3, 0.4) is 0 Å². The molecule has 0 radical (unpaired) electrons. The summed E-state index contributed by atoms with van der Waals surface area (Å²) in [6.07, 6.45) is 4.37. The van der Waals surface area contributed by atoms with Gasteiger partial charge in [-0.15, -0.1) is 0 Å². The van der Waals surface area contributed by atoms with E-state index in [1.807, 2.05) is 45.0 Å². The quantitative estimate of drug-likeness (QED) is 0.0614. The number of Topliss-reactive ketones (excluding diaryl/α,β-unsaturated/α-hetero) is 1. The lowest BCUT2D eigenvalue weighted by Gasteiger charge is -2.31. The van der Waals surface area contributed by atoms with E-state index in [4.69, 9.17) is 40.0 Å². The summed E-state index contributed by atoms with van der Waals surface area (Å²) >= 11 is 5.29. The van der Waals surface area contributed by atoms with E-state index in [0.29, 0.717) is 91.5 Å². The smallest absolute Gasteiger partial charge is 0.237 e. The third kappa shape index (κ3) is 22.0. The van der Waals surface area contributed by atoms with Crippen LogP contribution in [0.4, 0.5) is 0 Å². The van der Waals surface area contributed by atoms with Gasteiger partial charge in [-0.3, -0.25) is 24.1 Å². The number of hydrogen-bond donors (Lipinski definition) is 4. The molecule has 15 nitrogen and oxygen atoms in total. The molecule has 1 unspecified atom stereocenters. The first kappa shape index (κ1) is 50.8. The van der Waals surface area contributed by atoms with E-state index in [-0.39, 0.29) is 80.2 Å². The standard InChI is InChI=1S/C40H69N4O11PS/c1-6-19-52-22-18-42-40(48)37(44(29-35(45)8-7-20-53-25-23-50-4)30-38(46)41-17-21-54-26-24-51-5)27-32-9-11-33(12-10-32)28-43-39(47)34-13-15-36(16-14-34)55-56(49,57)31(2)3/h9-12,31,34,36-37H,6-8,13-30H2,1-5H3,(H,41,46)(H,42,48)(H,43,47)(H,49,57)/t34?,36?,37-,56?/m1/s1. The third-order valence-electron chi connectivity index (χ3n) is 9.46. The Morgan fingerprint density at radius 2 is 1.40 bits per heavy atom. The lowest BCUT2D eigenvalue weighted by atomic mass is 9.87. The lowest BCUT2D eigenvalue weighted by molar-refractivity contribution is -0.131. The number of nitrogens with one attached hydrogen (secondary N) is 3. The van der Waals surface area contributed by atoms with E-state index in [0.717, 1.165) is 17.5 Å². The van der Waals surface area contributed by atoms with E-state index in [1.165, 1.54) is 0 Å². The SMILES string of the molecule is CCCOCCNC(=O)[C@@H](Cc1ccc(CNC(=O)C2CCC(OP(O)(=S)C(C)C)CC2)cc1)N(CC(=O)CCCOCCOC)CC(=O)NCCOCCOC. The van der Waals surface area contributed by atoms with Crippen LogP contribution in [0.1, 0.15) is 76.8 Å². The molecular formula is C40H69N4O11PS. The summed E-state index contributed by atoms with van der Waals surface area (Å²) < 4.78 is 32.4. The summed E-state index contributed by atoms with van der Waals surface area (Å²) in [6.45, 7) is 6.84. The molecule has 0 heterocycles. The number of ether oxygens (including phenoxy) is 5. The Hall–Kier alpha value is -2.37. The number of ketones is 1. The molecule has 0 bridgehead atoms. The van der Waals surface area contributed by atoms with Gasteiger partial charge >= 0.3 is 0 Å². The first-order chi connectivity index (χ1) is 27.4. The molecule has 3 amide bonds. The highest BCUT2D eigenvalue weighted by Crippen LogP contribution is 2.50. The van der Waals surface area contributed by atoms with Gasteiger partial charge in [0.1, 0.15) is 5.78 Å². The average molecular weight is 845 g/mol. The highest BCUT2D eigenvalue weighted by atomic mass is 32.5. The molecular weight excluding hydrogens is 775 g/mol. The number of carbonyl (C=O) groups is 4. The minimum Gasteiger partial charge on any atom is -0.382 e. The zero-order chi connectivity index (χ0) is 41.9. The first-order valence-corrected chi connectivity index (χ1v) is 23.0. The van der Waals surface area contributed by atoms with Crippen molar-refractivity contribution in [2.24, 2.45) is 5.92 Å². The summed E-state index contributed by atoms with van der Waals surface area (Å²) in [6, 6.07) is 6.77. The monoisotopic (exact) mass is 844 g/mol. The van der Waals surface area contributed by atoms with Crippen LogP contribution in [0.15, 0.2) is 24.3 Å². The van der Waals surface area contributed by atoms with E-state index in [2.05, 4.69) is 16.0 Å². The fourth-order valence-electron chi connectivity index (χ4n) is 6.06. The van der Waals surface area contributed by atoms with Gasteiger partial charge in [0.2, 0.25) is 17.7 Å².